The van der Waals surface area contributed by atoms with Gasteiger partial charge in [-0.1, -0.05) is 223 Å². The lowest BCUT2D eigenvalue weighted by atomic mass is 9.96. The van der Waals surface area contributed by atoms with Crippen LogP contribution in [-0.2, 0) is 33.2 Å². The Balaban J connectivity index is 1.41. The predicted molar refractivity (Wildman–Crippen MR) is 387 cm³/mol. The minimum atomic E-state index is -2.00. The van der Waals surface area contributed by atoms with Crippen LogP contribution in [0, 0.1) is 0 Å². The van der Waals surface area contributed by atoms with E-state index in [1.807, 2.05) is 6.08 Å². The maximum absolute atomic E-state index is 13.4. The van der Waals surface area contributed by atoms with Gasteiger partial charge in [0.2, 0.25) is 5.91 Å². The normalized spacial score (nSPS) is 27.8. The summed E-state index contributed by atoms with van der Waals surface area (Å²) in [5, 5.41) is 120. The molecule has 17 unspecified atom stereocenters. The summed E-state index contributed by atoms with van der Waals surface area (Å²) in [7, 11) is 0. The quantitative estimate of drug-likeness (QED) is 0.0199. The molecule has 0 spiro atoms. The van der Waals surface area contributed by atoms with E-state index in [0.717, 1.165) is 116 Å². The molecule has 19 heteroatoms. The second-order valence-electron chi connectivity index (χ2n) is 24.9. The standard InChI is InChI=1S/C79H125NO18/c1-3-5-7-9-11-13-15-17-19-21-22-23-24-25-26-27-28-29-30-31-32-33-34-35-36-37-38-39-40-41-43-45-47-49-51-53-55-57-67(85)80-62(63(84)56-54-52-50-48-46-44-42-20-18-16-14-12-10-8-6-4-2)61-93-77-73(91)70(88)75(65(59-82)95-77)98-79-74(92)71(89)76(66(60-83)96-79)97-78-72(90)69(87)68(86)64(58-81)94-78/h5,7,11,13,17-20,22-23,25-26,28-29,31-32,34-35,37-38,40-41,45-48,54,56,62-66,68-79,81-84,86-92H,3-4,6,8-10,12,14-16,21,24,27,30,33,36,39,42-44,49-53,55,57-61H2,1-2H3,(H,80,85)/b7-5-,13-11-,19-17-,20-18+,23-22-,26-25-,29-28-,32-31-,35-34-,38-37-,41-40-,47-45-,48-46+,56-54+. The van der Waals surface area contributed by atoms with E-state index in [2.05, 4.69) is 177 Å². The SMILES string of the molecule is CC/C=C\C/C=C\C/C=C\C/C=C\C/C=C\C/C=C\C/C=C\C/C=C\C/C=C\C/C=C\C/C=C\CCCCCC(=O)NC(COC1OC(CO)C(OC2OC(CO)C(OC3OC(CO)C(O)C(O)C3O)C(O)C2O)C(O)C1O)C(O)/C=C/CC/C=C/CC/C=C/CCCCCCCC. The zero-order valence-corrected chi connectivity index (χ0v) is 58.7. The van der Waals surface area contributed by atoms with Gasteiger partial charge in [-0.05, 0) is 128 Å². The van der Waals surface area contributed by atoms with Crippen molar-refractivity contribution in [3.05, 3.63) is 170 Å². The highest BCUT2D eigenvalue weighted by atomic mass is 16.8. The summed E-state index contributed by atoms with van der Waals surface area (Å²) in [6.07, 6.45) is 59.0. The first kappa shape index (κ1) is 87.4. The van der Waals surface area contributed by atoms with Gasteiger partial charge in [0, 0.05) is 6.42 Å². The molecule has 1 amide bonds. The third-order valence-corrected chi connectivity index (χ3v) is 16.7. The molecule has 0 saturated carbocycles. The monoisotopic (exact) mass is 1380 g/mol. The number of nitrogens with one attached hydrogen (secondary N) is 1. The van der Waals surface area contributed by atoms with Crippen molar-refractivity contribution in [2.75, 3.05) is 26.4 Å². The topological polar surface area (TPSA) is 307 Å². The van der Waals surface area contributed by atoms with Crippen molar-refractivity contribution in [1.82, 2.24) is 5.32 Å². The molecule has 0 radical (unpaired) electrons. The van der Waals surface area contributed by atoms with Gasteiger partial charge in [0.25, 0.3) is 0 Å². The zero-order valence-electron chi connectivity index (χ0n) is 58.7. The molecule has 19 nitrogen and oxygen atoms in total. The molecule has 0 aromatic heterocycles. The van der Waals surface area contributed by atoms with Crippen molar-refractivity contribution in [2.24, 2.45) is 0 Å². The van der Waals surface area contributed by atoms with Crippen molar-refractivity contribution < 1.29 is 89.4 Å². The lowest BCUT2D eigenvalue weighted by Crippen LogP contribution is -2.66. The first-order valence-corrected chi connectivity index (χ1v) is 36.4. The van der Waals surface area contributed by atoms with Crippen molar-refractivity contribution in [3.63, 3.8) is 0 Å². The number of aliphatic hydroxyl groups is 11. The number of rotatable bonds is 53. The predicted octanol–water partition coefficient (Wildman–Crippen LogP) is 10.7. The molecule has 3 saturated heterocycles. The molecular weight excluding hydrogens is 1250 g/mol. The van der Waals surface area contributed by atoms with E-state index in [1.165, 1.54) is 38.5 Å². The molecular formula is C79H125NO18. The van der Waals surface area contributed by atoms with Crippen LogP contribution in [0.1, 0.15) is 187 Å². The minimum absolute atomic E-state index is 0.179. The van der Waals surface area contributed by atoms with Gasteiger partial charge in [0.1, 0.15) is 73.2 Å². The Morgan fingerprint density at radius 1 is 0.378 bits per heavy atom. The van der Waals surface area contributed by atoms with Gasteiger partial charge in [-0.2, -0.15) is 0 Å². The lowest BCUT2D eigenvalue weighted by Gasteiger charge is -2.48. The number of carbonyl (C=O) groups is 1. The Bertz CT molecular complexity index is 2440. The third-order valence-electron chi connectivity index (χ3n) is 16.7. The van der Waals surface area contributed by atoms with Crippen LogP contribution in [0.2, 0.25) is 0 Å². The fourth-order valence-corrected chi connectivity index (χ4v) is 10.9. The van der Waals surface area contributed by atoms with E-state index in [0.29, 0.717) is 12.8 Å². The van der Waals surface area contributed by atoms with E-state index in [4.69, 9.17) is 28.4 Å². The van der Waals surface area contributed by atoms with Crippen LogP contribution >= 0.6 is 0 Å². The van der Waals surface area contributed by atoms with Gasteiger partial charge in [0.05, 0.1) is 38.6 Å². The number of ether oxygens (including phenoxy) is 6. The smallest absolute Gasteiger partial charge is 0.220 e. The summed E-state index contributed by atoms with van der Waals surface area (Å²) in [6, 6.07) is -1.03. The molecule has 3 fully saturated rings. The van der Waals surface area contributed by atoms with Crippen LogP contribution in [0.15, 0.2) is 170 Å². The number of carbonyl (C=O) groups excluding carboxylic acids is 1. The fourth-order valence-electron chi connectivity index (χ4n) is 10.9. The molecule has 98 heavy (non-hydrogen) atoms. The van der Waals surface area contributed by atoms with E-state index in [-0.39, 0.29) is 12.3 Å². The van der Waals surface area contributed by atoms with Crippen molar-refractivity contribution in [2.45, 2.75) is 291 Å². The van der Waals surface area contributed by atoms with Gasteiger partial charge >= 0.3 is 0 Å². The largest absolute Gasteiger partial charge is 0.394 e. The van der Waals surface area contributed by atoms with Crippen LogP contribution in [0.5, 0.6) is 0 Å². The number of unbranched alkanes of at least 4 members (excludes halogenated alkanes) is 11. The van der Waals surface area contributed by atoms with E-state index < -0.39 is 131 Å². The highest BCUT2D eigenvalue weighted by molar-refractivity contribution is 5.76. The second kappa shape index (κ2) is 57.7. The molecule has 554 valence electrons. The van der Waals surface area contributed by atoms with Gasteiger partial charge in [-0.3, -0.25) is 4.79 Å². The molecule has 0 bridgehead atoms. The van der Waals surface area contributed by atoms with Crippen molar-refractivity contribution >= 4 is 5.91 Å². The Morgan fingerprint density at radius 2 is 0.714 bits per heavy atom. The van der Waals surface area contributed by atoms with Gasteiger partial charge in [-0.25, -0.2) is 0 Å². The van der Waals surface area contributed by atoms with Crippen LogP contribution in [0.4, 0.5) is 0 Å². The maximum atomic E-state index is 13.4. The molecule has 0 aliphatic carbocycles. The minimum Gasteiger partial charge on any atom is -0.394 e. The molecule has 3 aliphatic rings. The van der Waals surface area contributed by atoms with Crippen LogP contribution in [0.25, 0.3) is 0 Å². The van der Waals surface area contributed by atoms with Crippen LogP contribution in [-0.4, -0.2) is 193 Å². The van der Waals surface area contributed by atoms with Crippen molar-refractivity contribution in [3.8, 4) is 0 Å². The van der Waals surface area contributed by atoms with E-state index in [9.17, 15) is 61.0 Å². The zero-order chi connectivity index (χ0) is 71.1. The molecule has 0 aromatic carbocycles. The number of aliphatic hydroxyl groups excluding tert-OH is 11. The molecule has 3 aliphatic heterocycles. The molecule has 17 atom stereocenters. The highest BCUT2D eigenvalue weighted by Crippen LogP contribution is 2.33. The number of allylic oxidation sites excluding steroid dienone is 27. The second-order valence-corrected chi connectivity index (χ2v) is 24.9. The van der Waals surface area contributed by atoms with Gasteiger partial charge < -0.3 is 89.9 Å². The first-order chi connectivity index (χ1) is 47.8. The van der Waals surface area contributed by atoms with E-state index >= 15 is 0 Å². The summed E-state index contributed by atoms with van der Waals surface area (Å²) in [4.78, 5) is 13.4. The summed E-state index contributed by atoms with van der Waals surface area (Å²) in [6.45, 7) is 1.52. The molecule has 0 aromatic rings. The summed E-state index contributed by atoms with van der Waals surface area (Å²) < 4.78 is 34.3. The van der Waals surface area contributed by atoms with Crippen LogP contribution in [0.3, 0.4) is 0 Å². The number of hydrogen-bond acceptors (Lipinski definition) is 18. The Kier molecular flexibility index (Phi) is 51.5. The summed E-state index contributed by atoms with van der Waals surface area (Å²) >= 11 is 0. The van der Waals surface area contributed by atoms with Crippen molar-refractivity contribution in [1.29, 1.82) is 0 Å². The Morgan fingerprint density at radius 3 is 1.14 bits per heavy atom. The van der Waals surface area contributed by atoms with Gasteiger partial charge in [-0.15, -0.1) is 0 Å². The van der Waals surface area contributed by atoms with Crippen LogP contribution < -0.4 is 5.32 Å². The number of amides is 1. The van der Waals surface area contributed by atoms with E-state index in [1.54, 1.807) is 6.08 Å². The first-order valence-electron chi connectivity index (χ1n) is 36.4. The highest BCUT2D eigenvalue weighted by Gasteiger charge is 2.53. The fraction of sp³-hybridized carbons (Fsp3) is 0.633. The Hall–Kier alpha value is -4.85. The summed E-state index contributed by atoms with van der Waals surface area (Å²) in [5.74, 6) is -0.330. The number of hydrogen-bond donors (Lipinski definition) is 12. The average molecular weight is 1380 g/mol. The lowest BCUT2D eigenvalue weighted by molar-refractivity contribution is -0.379. The maximum Gasteiger partial charge on any atom is 0.220 e. The Labute approximate surface area is 586 Å². The average Bonchev–Trinajstić information content (AvgIpc) is 0.784. The molecule has 12 N–H and O–H groups in total. The van der Waals surface area contributed by atoms with Gasteiger partial charge in [0.15, 0.2) is 18.9 Å². The third kappa shape index (κ3) is 38.3. The molecule has 3 heterocycles. The molecule has 3 rings (SSSR count). The summed E-state index contributed by atoms with van der Waals surface area (Å²) in [5.41, 5.74) is 0.